The van der Waals surface area contributed by atoms with Crippen molar-refractivity contribution in [2.75, 3.05) is 0 Å². The van der Waals surface area contributed by atoms with Gasteiger partial charge >= 0.3 is 0 Å². The van der Waals surface area contributed by atoms with Gasteiger partial charge in [0.25, 0.3) is 0 Å². The number of rotatable bonds is 4. The minimum atomic E-state index is -0.234. The van der Waals surface area contributed by atoms with Crippen LogP contribution in [0, 0.1) is 11.3 Å². The van der Waals surface area contributed by atoms with Crippen molar-refractivity contribution in [1.29, 1.82) is 5.26 Å². The quantitative estimate of drug-likeness (QED) is 0.743. The second-order valence-corrected chi connectivity index (χ2v) is 3.90. The minimum Gasteiger partial charge on any atom is -0.294 e. The van der Waals surface area contributed by atoms with Gasteiger partial charge in [-0.3, -0.25) is 5.32 Å². The molecule has 1 heterocycles. The van der Waals surface area contributed by atoms with Crippen molar-refractivity contribution >= 4 is 11.3 Å². The average Bonchev–Trinajstić information content (AvgIpc) is 2.57. The van der Waals surface area contributed by atoms with Crippen LogP contribution in [0.15, 0.2) is 29.7 Å². The fraction of sp³-hybridized carbons (Fsp3) is 0.300. The first-order valence-electron chi connectivity index (χ1n) is 4.05. The normalized spacial score (nSPS) is 12.0. The van der Waals surface area contributed by atoms with Crippen molar-refractivity contribution in [1.82, 2.24) is 5.32 Å². The molecule has 0 saturated carbocycles. The van der Waals surface area contributed by atoms with Crippen molar-refractivity contribution in [3.63, 3.8) is 0 Å². The maximum absolute atomic E-state index is 8.76. The number of nitrogens with one attached hydrogen (secondary N) is 1. The molecule has 1 rings (SSSR count). The summed E-state index contributed by atoms with van der Waals surface area (Å²) < 4.78 is 0. The third-order valence-electron chi connectivity index (χ3n) is 1.68. The molecular weight excluding hydrogens is 180 g/mol. The number of hydrogen-bond donors (Lipinski definition) is 1. The lowest BCUT2D eigenvalue weighted by Crippen LogP contribution is -2.27. The van der Waals surface area contributed by atoms with Gasteiger partial charge in [-0.15, -0.1) is 11.3 Å². The van der Waals surface area contributed by atoms with E-state index in [-0.39, 0.29) is 6.04 Å². The molecule has 0 radical (unpaired) electrons. The van der Waals surface area contributed by atoms with Crippen molar-refractivity contribution in [3.05, 3.63) is 34.5 Å². The summed E-state index contributed by atoms with van der Waals surface area (Å²) in [5.41, 5.74) is 0.860. The summed E-state index contributed by atoms with van der Waals surface area (Å²) in [6.45, 7) is 6.34. The first-order chi connectivity index (χ1) is 6.24. The Balaban J connectivity index is 2.42. The monoisotopic (exact) mass is 192 g/mol. The van der Waals surface area contributed by atoms with Crippen LogP contribution >= 0.6 is 11.3 Å². The molecule has 1 N–H and O–H groups in total. The summed E-state index contributed by atoms with van der Waals surface area (Å²) in [6, 6.07) is 5.97. The molecule has 1 aromatic heterocycles. The molecular formula is C10H12N2S. The van der Waals surface area contributed by atoms with Crippen LogP contribution in [0.2, 0.25) is 0 Å². The smallest absolute Gasteiger partial charge is 0.117 e. The third kappa shape index (κ3) is 3.02. The van der Waals surface area contributed by atoms with Crippen LogP contribution in [-0.4, -0.2) is 6.04 Å². The van der Waals surface area contributed by atoms with Gasteiger partial charge in [0.15, 0.2) is 0 Å². The molecule has 3 heteroatoms. The van der Waals surface area contributed by atoms with Crippen LogP contribution in [0.25, 0.3) is 0 Å². The molecule has 0 aliphatic rings. The summed E-state index contributed by atoms with van der Waals surface area (Å²) in [5, 5.41) is 13.9. The predicted molar refractivity (Wildman–Crippen MR) is 55.4 cm³/mol. The highest BCUT2D eigenvalue weighted by Gasteiger charge is 2.06. The minimum absolute atomic E-state index is 0.234. The summed E-state index contributed by atoms with van der Waals surface area (Å²) in [4.78, 5) is 1.24. The topological polar surface area (TPSA) is 35.8 Å². The van der Waals surface area contributed by atoms with Crippen LogP contribution in [-0.2, 0) is 6.54 Å². The van der Waals surface area contributed by atoms with E-state index >= 15 is 0 Å². The standard InChI is InChI=1S/C10H12N2S/c1-8(2)10(6-11)12-7-9-4-3-5-13-9/h3-5,10,12H,1,7H2,2H3. The fourth-order valence-corrected chi connectivity index (χ4v) is 1.60. The van der Waals surface area contributed by atoms with E-state index in [1.54, 1.807) is 11.3 Å². The van der Waals surface area contributed by atoms with Gasteiger partial charge in [-0.1, -0.05) is 12.6 Å². The van der Waals surface area contributed by atoms with E-state index in [2.05, 4.69) is 18.0 Å². The molecule has 1 unspecified atom stereocenters. The highest BCUT2D eigenvalue weighted by atomic mass is 32.1. The number of thiophene rings is 1. The van der Waals surface area contributed by atoms with Crippen LogP contribution in [0.4, 0.5) is 0 Å². The Morgan fingerprint density at radius 1 is 1.85 bits per heavy atom. The molecule has 0 spiro atoms. The Morgan fingerprint density at radius 2 is 2.62 bits per heavy atom. The van der Waals surface area contributed by atoms with Gasteiger partial charge < -0.3 is 0 Å². The lowest BCUT2D eigenvalue weighted by Gasteiger charge is -2.09. The van der Waals surface area contributed by atoms with Gasteiger partial charge in [-0.25, -0.2) is 0 Å². The van der Waals surface area contributed by atoms with Gasteiger partial charge in [-0.2, -0.15) is 5.26 Å². The van der Waals surface area contributed by atoms with Gasteiger partial charge in [-0.05, 0) is 23.9 Å². The summed E-state index contributed by atoms with van der Waals surface area (Å²) in [5.74, 6) is 0. The maximum atomic E-state index is 8.76. The van der Waals surface area contributed by atoms with Gasteiger partial charge in [0.2, 0.25) is 0 Å². The molecule has 0 aliphatic heterocycles. The molecule has 1 atom stereocenters. The van der Waals surface area contributed by atoms with Crippen LogP contribution < -0.4 is 5.32 Å². The second kappa shape index (κ2) is 4.80. The Labute approximate surface area is 82.5 Å². The Morgan fingerprint density at radius 3 is 3.08 bits per heavy atom. The van der Waals surface area contributed by atoms with Crippen molar-refractivity contribution in [2.45, 2.75) is 19.5 Å². The molecule has 0 bridgehead atoms. The van der Waals surface area contributed by atoms with Crippen LogP contribution in [0.5, 0.6) is 0 Å². The maximum Gasteiger partial charge on any atom is 0.117 e. The van der Waals surface area contributed by atoms with Gasteiger partial charge in [0.05, 0.1) is 6.07 Å². The zero-order valence-corrected chi connectivity index (χ0v) is 8.40. The first-order valence-corrected chi connectivity index (χ1v) is 4.93. The summed E-state index contributed by atoms with van der Waals surface area (Å²) in [6.07, 6.45) is 0. The number of nitriles is 1. The lowest BCUT2D eigenvalue weighted by molar-refractivity contribution is 0.667. The Hall–Kier alpha value is -1.11. The molecule has 0 fully saturated rings. The zero-order valence-electron chi connectivity index (χ0n) is 7.58. The van der Waals surface area contributed by atoms with Crippen molar-refractivity contribution in [2.24, 2.45) is 0 Å². The third-order valence-corrected chi connectivity index (χ3v) is 2.56. The molecule has 1 aromatic rings. The summed E-state index contributed by atoms with van der Waals surface area (Å²) >= 11 is 1.69. The Bertz CT molecular complexity index is 308. The highest BCUT2D eigenvalue weighted by Crippen LogP contribution is 2.08. The molecule has 68 valence electrons. The zero-order chi connectivity index (χ0) is 9.68. The lowest BCUT2D eigenvalue weighted by atomic mass is 10.2. The van der Waals surface area contributed by atoms with E-state index in [4.69, 9.17) is 5.26 Å². The summed E-state index contributed by atoms with van der Waals surface area (Å²) in [7, 11) is 0. The van der Waals surface area contributed by atoms with E-state index in [9.17, 15) is 0 Å². The van der Waals surface area contributed by atoms with Gasteiger partial charge in [0, 0.05) is 11.4 Å². The van der Waals surface area contributed by atoms with Crippen LogP contribution in [0.1, 0.15) is 11.8 Å². The van der Waals surface area contributed by atoms with Crippen LogP contribution in [0.3, 0.4) is 0 Å². The van der Waals surface area contributed by atoms with E-state index in [0.717, 1.165) is 12.1 Å². The molecule has 2 nitrogen and oxygen atoms in total. The van der Waals surface area contributed by atoms with E-state index in [1.165, 1.54) is 4.88 Å². The second-order valence-electron chi connectivity index (χ2n) is 2.87. The molecule has 0 saturated heterocycles. The Kier molecular flexibility index (Phi) is 3.69. The number of nitrogens with zero attached hydrogens (tertiary/aromatic N) is 1. The van der Waals surface area contributed by atoms with E-state index < -0.39 is 0 Å². The first kappa shape index (κ1) is 9.97. The fourth-order valence-electron chi connectivity index (χ4n) is 0.946. The van der Waals surface area contributed by atoms with E-state index in [0.29, 0.717) is 0 Å². The molecule has 0 aromatic carbocycles. The number of hydrogen-bond acceptors (Lipinski definition) is 3. The largest absolute Gasteiger partial charge is 0.294 e. The highest BCUT2D eigenvalue weighted by molar-refractivity contribution is 7.09. The SMILES string of the molecule is C=C(C)C(C#N)NCc1cccs1. The molecule has 0 aliphatic carbocycles. The molecule has 0 amide bonds. The van der Waals surface area contributed by atoms with Gasteiger partial charge in [0.1, 0.15) is 6.04 Å². The van der Waals surface area contributed by atoms with E-state index in [1.807, 2.05) is 24.4 Å². The van der Waals surface area contributed by atoms with Crippen molar-refractivity contribution in [3.8, 4) is 6.07 Å². The predicted octanol–water partition coefficient (Wildman–Crippen LogP) is 2.31. The molecule has 13 heavy (non-hydrogen) atoms. The van der Waals surface area contributed by atoms with Crippen molar-refractivity contribution < 1.29 is 0 Å². The average molecular weight is 192 g/mol.